The highest BCUT2D eigenvalue weighted by Crippen LogP contribution is 2.37. The monoisotopic (exact) mass is 231 g/mol. The van der Waals surface area contributed by atoms with E-state index in [0.717, 1.165) is 12.8 Å². The third kappa shape index (κ3) is 2.68. The number of aliphatic hydroxyl groups excluding tert-OH is 1. The zero-order valence-corrected chi connectivity index (χ0v) is 9.08. The van der Waals surface area contributed by atoms with Crippen molar-refractivity contribution < 1.29 is 9.50 Å². The topological polar surface area (TPSA) is 46.2 Å². The van der Waals surface area contributed by atoms with Gasteiger partial charge in [0.1, 0.15) is 5.82 Å². The van der Waals surface area contributed by atoms with E-state index in [9.17, 15) is 9.50 Å². The van der Waals surface area contributed by atoms with E-state index in [-0.39, 0.29) is 24.1 Å². The molecule has 0 unspecified atom stereocenters. The van der Waals surface area contributed by atoms with Gasteiger partial charge in [0.05, 0.1) is 12.1 Å². The molecule has 0 amide bonds. The number of benzene rings is 1. The van der Waals surface area contributed by atoms with E-state index < -0.39 is 12.1 Å². The van der Waals surface area contributed by atoms with Gasteiger partial charge in [-0.3, -0.25) is 0 Å². The molecular formula is C11H15ClFNO. The first-order valence-corrected chi connectivity index (χ1v) is 4.88. The average molecular weight is 232 g/mol. The summed E-state index contributed by atoms with van der Waals surface area (Å²) in [4.78, 5) is 0. The summed E-state index contributed by atoms with van der Waals surface area (Å²) < 4.78 is 13.3. The normalized spacial score (nSPS) is 19.1. The number of rotatable bonds is 3. The molecule has 0 aromatic heterocycles. The maximum Gasteiger partial charge on any atom is 0.128 e. The van der Waals surface area contributed by atoms with Crippen molar-refractivity contribution in [2.45, 2.75) is 25.0 Å². The van der Waals surface area contributed by atoms with Crippen LogP contribution in [-0.4, -0.2) is 11.2 Å². The second-order valence-corrected chi connectivity index (χ2v) is 3.88. The minimum atomic E-state index is -0.605. The molecule has 4 heteroatoms. The Morgan fingerprint density at radius 2 is 1.93 bits per heavy atom. The molecular weight excluding hydrogens is 217 g/mol. The van der Waals surface area contributed by atoms with Crippen molar-refractivity contribution >= 4 is 12.4 Å². The van der Waals surface area contributed by atoms with Crippen LogP contribution in [0.1, 0.15) is 24.4 Å². The first kappa shape index (κ1) is 12.4. The van der Waals surface area contributed by atoms with Crippen LogP contribution in [0.15, 0.2) is 24.3 Å². The Morgan fingerprint density at radius 1 is 1.33 bits per heavy atom. The van der Waals surface area contributed by atoms with Crippen molar-refractivity contribution in [1.82, 2.24) is 0 Å². The van der Waals surface area contributed by atoms with Gasteiger partial charge in [0, 0.05) is 5.56 Å². The smallest absolute Gasteiger partial charge is 0.128 e. The lowest BCUT2D eigenvalue weighted by atomic mass is 9.99. The van der Waals surface area contributed by atoms with Crippen LogP contribution in [0.2, 0.25) is 0 Å². The molecule has 0 aliphatic heterocycles. The van der Waals surface area contributed by atoms with Crippen LogP contribution >= 0.6 is 12.4 Å². The Labute approximate surface area is 94.7 Å². The first-order chi connectivity index (χ1) is 6.70. The molecule has 0 radical (unpaired) electrons. The number of hydrogen-bond acceptors (Lipinski definition) is 2. The standard InChI is InChI=1S/C11H14FNO.ClH/c12-9-4-2-1-3-8(9)10(13)11(14)7-5-6-7;/h1-4,7,10-11,14H,5-6,13H2;1H/t10-,11+;/m1./s1. The summed E-state index contributed by atoms with van der Waals surface area (Å²) >= 11 is 0. The summed E-state index contributed by atoms with van der Waals surface area (Å²) in [5.41, 5.74) is 6.20. The van der Waals surface area contributed by atoms with Crippen LogP contribution in [0.5, 0.6) is 0 Å². The van der Waals surface area contributed by atoms with Crippen molar-refractivity contribution in [1.29, 1.82) is 0 Å². The average Bonchev–Trinajstić information content (AvgIpc) is 3.00. The predicted octanol–water partition coefficient (Wildman–Crippen LogP) is 2.02. The molecule has 1 fully saturated rings. The molecule has 0 bridgehead atoms. The SMILES string of the molecule is Cl.N[C@H](c1ccccc1F)[C@@H](O)C1CC1. The van der Waals surface area contributed by atoms with Gasteiger partial charge < -0.3 is 10.8 Å². The lowest BCUT2D eigenvalue weighted by Gasteiger charge is -2.19. The van der Waals surface area contributed by atoms with Crippen LogP contribution in [0.25, 0.3) is 0 Å². The minimum absolute atomic E-state index is 0. The van der Waals surface area contributed by atoms with E-state index in [0.29, 0.717) is 5.56 Å². The highest BCUT2D eigenvalue weighted by molar-refractivity contribution is 5.85. The molecule has 0 spiro atoms. The van der Waals surface area contributed by atoms with Gasteiger partial charge in [-0.05, 0) is 24.8 Å². The van der Waals surface area contributed by atoms with Gasteiger partial charge in [-0.15, -0.1) is 12.4 Å². The fraction of sp³-hybridized carbons (Fsp3) is 0.455. The molecule has 1 aromatic carbocycles. The highest BCUT2D eigenvalue weighted by Gasteiger charge is 2.34. The summed E-state index contributed by atoms with van der Waals surface area (Å²) in [5, 5.41) is 9.74. The van der Waals surface area contributed by atoms with Gasteiger partial charge in [-0.1, -0.05) is 18.2 Å². The third-order valence-electron chi connectivity index (χ3n) is 2.74. The predicted molar refractivity (Wildman–Crippen MR) is 59.3 cm³/mol. The second-order valence-electron chi connectivity index (χ2n) is 3.88. The molecule has 1 aliphatic carbocycles. The first-order valence-electron chi connectivity index (χ1n) is 4.88. The summed E-state index contributed by atoms with van der Waals surface area (Å²) in [6, 6.07) is 5.76. The highest BCUT2D eigenvalue weighted by atomic mass is 35.5. The molecule has 1 aromatic rings. The summed E-state index contributed by atoms with van der Waals surface area (Å²) in [5.74, 6) is -0.0655. The van der Waals surface area contributed by atoms with E-state index in [1.165, 1.54) is 6.07 Å². The van der Waals surface area contributed by atoms with Crippen molar-refractivity contribution in [3.8, 4) is 0 Å². The molecule has 0 saturated heterocycles. The Kier molecular flexibility index (Phi) is 4.08. The molecule has 2 atom stereocenters. The Morgan fingerprint density at radius 3 is 2.47 bits per heavy atom. The molecule has 2 nitrogen and oxygen atoms in total. The molecule has 2 rings (SSSR count). The Bertz CT molecular complexity index is 330. The Hall–Kier alpha value is -0.640. The van der Waals surface area contributed by atoms with Gasteiger partial charge in [0.25, 0.3) is 0 Å². The van der Waals surface area contributed by atoms with Crippen molar-refractivity contribution in [3.05, 3.63) is 35.6 Å². The van der Waals surface area contributed by atoms with Crippen LogP contribution in [0.3, 0.4) is 0 Å². The van der Waals surface area contributed by atoms with Gasteiger partial charge in [-0.2, -0.15) is 0 Å². The maximum atomic E-state index is 13.3. The molecule has 3 N–H and O–H groups in total. The number of nitrogens with two attached hydrogens (primary N) is 1. The van der Waals surface area contributed by atoms with E-state index in [1.54, 1.807) is 18.2 Å². The number of aliphatic hydroxyl groups is 1. The second kappa shape index (κ2) is 4.92. The minimum Gasteiger partial charge on any atom is -0.391 e. The van der Waals surface area contributed by atoms with E-state index in [1.807, 2.05) is 0 Å². The van der Waals surface area contributed by atoms with Crippen LogP contribution in [0.4, 0.5) is 4.39 Å². The molecule has 1 aliphatic rings. The van der Waals surface area contributed by atoms with Gasteiger partial charge in [-0.25, -0.2) is 4.39 Å². The summed E-state index contributed by atoms with van der Waals surface area (Å²) in [7, 11) is 0. The van der Waals surface area contributed by atoms with Gasteiger partial charge in [0.15, 0.2) is 0 Å². The van der Waals surface area contributed by atoms with E-state index in [4.69, 9.17) is 5.73 Å². The zero-order valence-electron chi connectivity index (χ0n) is 8.27. The fourth-order valence-corrected chi connectivity index (χ4v) is 1.66. The molecule has 0 heterocycles. The van der Waals surface area contributed by atoms with Crippen molar-refractivity contribution in [2.75, 3.05) is 0 Å². The fourth-order valence-electron chi connectivity index (χ4n) is 1.66. The largest absolute Gasteiger partial charge is 0.391 e. The zero-order chi connectivity index (χ0) is 10.1. The number of halogens is 2. The summed E-state index contributed by atoms with van der Waals surface area (Å²) in [6.45, 7) is 0. The van der Waals surface area contributed by atoms with Gasteiger partial charge >= 0.3 is 0 Å². The third-order valence-corrected chi connectivity index (χ3v) is 2.74. The molecule has 84 valence electrons. The maximum absolute atomic E-state index is 13.3. The summed E-state index contributed by atoms with van der Waals surface area (Å²) in [6.07, 6.45) is 1.40. The van der Waals surface area contributed by atoms with Crippen molar-refractivity contribution in [2.24, 2.45) is 11.7 Å². The van der Waals surface area contributed by atoms with Crippen LogP contribution in [0, 0.1) is 11.7 Å². The van der Waals surface area contributed by atoms with Crippen LogP contribution in [-0.2, 0) is 0 Å². The lowest BCUT2D eigenvalue weighted by Crippen LogP contribution is -2.28. The Balaban J connectivity index is 0.00000112. The molecule has 1 saturated carbocycles. The van der Waals surface area contributed by atoms with Crippen molar-refractivity contribution in [3.63, 3.8) is 0 Å². The lowest BCUT2D eigenvalue weighted by molar-refractivity contribution is 0.121. The quantitative estimate of drug-likeness (QED) is 0.836. The van der Waals surface area contributed by atoms with Gasteiger partial charge in [0.2, 0.25) is 0 Å². The van der Waals surface area contributed by atoms with Crippen LogP contribution < -0.4 is 5.73 Å². The molecule has 15 heavy (non-hydrogen) atoms. The van der Waals surface area contributed by atoms with E-state index >= 15 is 0 Å². The van der Waals surface area contributed by atoms with E-state index in [2.05, 4.69) is 0 Å². The number of hydrogen-bond donors (Lipinski definition) is 2.